The predicted molar refractivity (Wildman–Crippen MR) is 72.8 cm³/mol. The third-order valence-corrected chi connectivity index (χ3v) is 3.36. The van der Waals surface area contributed by atoms with Gasteiger partial charge in [0.2, 0.25) is 0 Å². The van der Waals surface area contributed by atoms with Crippen LogP contribution < -0.4 is 0 Å². The van der Waals surface area contributed by atoms with Crippen molar-refractivity contribution < 1.29 is 14.3 Å². The van der Waals surface area contributed by atoms with E-state index in [0.29, 0.717) is 24.8 Å². The highest BCUT2D eigenvalue weighted by Crippen LogP contribution is 2.16. The van der Waals surface area contributed by atoms with Gasteiger partial charge in [0.15, 0.2) is 0 Å². The van der Waals surface area contributed by atoms with E-state index in [2.05, 4.69) is 4.98 Å². The number of carboxylic acid groups (broad SMARTS) is 1. The number of rotatable bonds is 6. The number of imidazole rings is 1. The zero-order valence-electron chi connectivity index (χ0n) is 11.3. The lowest BCUT2D eigenvalue weighted by molar-refractivity contribution is -0.141. The third-order valence-electron chi connectivity index (χ3n) is 3.36. The molecule has 0 spiro atoms. The van der Waals surface area contributed by atoms with Crippen molar-refractivity contribution in [1.82, 2.24) is 9.55 Å². The first-order chi connectivity index (χ1) is 9.56. The van der Waals surface area contributed by atoms with Gasteiger partial charge in [-0.2, -0.15) is 0 Å². The Labute approximate surface area is 116 Å². The molecule has 1 aromatic heterocycles. The van der Waals surface area contributed by atoms with Crippen molar-refractivity contribution in [1.29, 1.82) is 0 Å². The van der Waals surface area contributed by atoms with Crippen LogP contribution in [0.25, 0.3) is 0 Å². The van der Waals surface area contributed by atoms with E-state index in [-0.39, 0.29) is 5.82 Å². The van der Waals surface area contributed by atoms with Gasteiger partial charge in [-0.25, -0.2) is 9.37 Å². The van der Waals surface area contributed by atoms with Crippen LogP contribution in [0.1, 0.15) is 17.8 Å². The van der Waals surface area contributed by atoms with Crippen LogP contribution in [0.3, 0.4) is 0 Å². The first kappa shape index (κ1) is 14.2. The van der Waals surface area contributed by atoms with E-state index in [1.54, 1.807) is 18.3 Å². The highest BCUT2D eigenvalue weighted by molar-refractivity contribution is 5.70. The van der Waals surface area contributed by atoms with E-state index < -0.39 is 11.9 Å². The van der Waals surface area contributed by atoms with Crippen molar-refractivity contribution in [2.24, 2.45) is 13.0 Å². The Morgan fingerprint density at radius 3 is 2.90 bits per heavy atom. The van der Waals surface area contributed by atoms with Gasteiger partial charge in [-0.3, -0.25) is 4.79 Å². The molecule has 4 nitrogen and oxygen atoms in total. The largest absolute Gasteiger partial charge is 0.481 e. The summed E-state index contributed by atoms with van der Waals surface area (Å²) in [6.45, 7) is 0. The van der Waals surface area contributed by atoms with Crippen LogP contribution in [0.4, 0.5) is 4.39 Å². The Morgan fingerprint density at radius 1 is 1.50 bits per heavy atom. The fourth-order valence-electron chi connectivity index (χ4n) is 2.20. The van der Waals surface area contributed by atoms with Crippen LogP contribution in [0.2, 0.25) is 0 Å². The molecule has 0 saturated heterocycles. The number of aryl methyl sites for hydroxylation is 2. The lowest BCUT2D eigenvalue weighted by Crippen LogP contribution is -2.18. The molecule has 5 heteroatoms. The van der Waals surface area contributed by atoms with E-state index >= 15 is 0 Å². The zero-order chi connectivity index (χ0) is 14.5. The number of carboxylic acids is 1. The standard InChI is InChI=1S/C15H17FN2O2/c1-18-8-7-17-14(18)6-5-12(15(19)20)9-11-3-2-4-13(16)10-11/h2-4,7-8,10,12H,5-6,9H2,1H3,(H,19,20). The monoisotopic (exact) mass is 276 g/mol. The summed E-state index contributed by atoms with van der Waals surface area (Å²) in [5.74, 6) is -0.872. The van der Waals surface area contributed by atoms with Crippen LogP contribution in [0.5, 0.6) is 0 Å². The maximum absolute atomic E-state index is 13.1. The molecule has 0 radical (unpaired) electrons. The molecule has 106 valence electrons. The molecular formula is C15H17FN2O2. The van der Waals surface area contributed by atoms with Gasteiger partial charge in [0.25, 0.3) is 0 Å². The van der Waals surface area contributed by atoms with Crippen molar-refractivity contribution >= 4 is 5.97 Å². The molecule has 2 rings (SSSR count). The fraction of sp³-hybridized carbons (Fsp3) is 0.333. The summed E-state index contributed by atoms with van der Waals surface area (Å²) in [5.41, 5.74) is 0.706. The van der Waals surface area contributed by atoms with Crippen LogP contribution in [-0.2, 0) is 24.7 Å². The average Bonchev–Trinajstić information content (AvgIpc) is 2.80. The molecule has 0 amide bonds. The minimum atomic E-state index is -0.858. The molecule has 1 atom stereocenters. The molecule has 1 N–H and O–H groups in total. The summed E-state index contributed by atoms with van der Waals surface area (Å²) in [6.07, 6.45) is 4.93. The Kier molecular flexibility index (Phi) is 4.50. The number of hydrogen-bond acceptors (Lipinski definition) is 2. The topological polar surface area (TPSA) is 55.1 Å². The molecule has 1 unspecified atom stereocenters. The van der Waals surface area contributed by atoms with Crippen molar-refractivity contribution in [3.05, 3.63) is 53.9 Å². The number of benzene rings is 1. The number of nitrogens with zero attached hydrogens (tertiary/aromatic N) is 2. The van der Waals surface area contributed by atoms with Crippen molar-refractivity contribution in [2.45, 2.75) is 19.3 Å². The number of aliphatic carboxylic acids is 1. The second-order valence-corrected chi connectivity index (χ2v) is 4.86. The van der Waals surface area contributed by atoms with E-state index in [0.717, 1.165) is 5.82 Å². The summed E-state index contributed by atoms with van der Waals surface area (Å²) in [4.78, 5) is 15.5. The second kappa shape index (κ2) is 6.32. The maximum Gasteiger partial charge on any atom is 0.306 e. The average molecular weight is 276 g/mol. The van der Waals surface area contributed by atoms with Gasteiger partial charge in [-0.1, -0.05) is 12.1 Å². The van der Waals surface area contributed by atoms with Crippen LogP contribution >= 0.6 is 0 Å². The first-order valence-corrected chi connectivity index (χ1v) is 6.49. The number of hydrogen-bond donors (Lipinski definition) is 1. The molecule has 0 aliphatic rings. The number of halogens is 1. The molecule has 0 aliphatic carbocycles. The summed E-state index contributed by atoms with van der Waals surface area (Å²) >= 11 is 0. The van der Waals surface area contributed by atoms with E-state index in [1.807, 2.05) is 17.8 Å². The summed E-state index contributed by atoms with van der Waals surface area (Å²) in [5, 5.41) is 9.28. The quantitative estimate of drug-likeness (QED) is 0.881. The van der Waals surface area contributed by atoms with Gasteiger partial charge < -0.3 is 9.67 Å². The molecule has 0 saturated carbocycles. The maximum atomic E-state index is 13.1. The molecule has 0 bridgehead atoms. The zero-order valence-corrected chi connectivity index (χ0v) is 11.3. The van der Waals surface area contributed by atoms with Gasteiger partial charge in [0, 0.05) is 25.9 Å². The fourth-order valence-corrected chi connectivity index (χ4v) is 2.20. The minimum Gasteiger partial charge on any atom is -0.481 e. The van der Waals surface area contributed by atoms with Gasteiger partial charge in [-0.05, 0) is 30.5 Å². The molecule has 20 heavy (non-hydrogen) atoms. The van der Waals surface area contributed by atoms with Crippen molar-refractivity contribution in [3.8, 4) is 0 Å². The Hall–Kier alpha value is -2.17. The van der Waals surface area contributed by atoms with Crippen LogP contribution in [0.15, 0.2) is 36.7 Å². The summed E-state index contributed by atoms with van der Waals surface area (Å²) < 4.78 is 15.0. The first-order valence-electron chi connectivity index (χ1n) is 6.49. The summed E-state index contributed by atoms with van der Waals surface area (Å²) in [6, 6.07) is 6.09. The lowest BCUT2D eigenvalue weighted by atomic mass is 9.94. The predicted octanol–water partition coefficient (Wildman–Crippen LogP) is 2.44. The third kappa shape index (κ3) is 3.66. The summed E-state index contributed by atoms with van der Waals surface area (Å²) in [7, 11) is 1.88. The second-order valence-electron chi connectivity index (χ2n) is 4.86. The Morgan fingerprint density at radius 2 is 2.30 bits per heavy atom. The van der Waals surface area contributed by atoms with Gasteiger partial charge >= 0.3 is 5.97 Å². The van der Waals surface area contributed by atoms with Gasteiger partial charge in [0.05, 0.1) is 5.92 Å². The molecule has 1 heterocycles. The molecule has 2 aromatic rings. The molecular weight excluding hydrogens is 259 g/mol. The number of aromatic nitrogens is 2. The highest BCUT2D eigenvalue weighted by atomic mass is 19.1. The smallest absolute Gasteiger partial charge is 0.306 e. The van der Waals surface area contributed by atoms with Gasteiger partial charge in [0.1, 0.15) is 11.6 Å². The normalized spacial score (nSPS) is 12.3. The van der Waals surface area contributed by atoms with Gasteiger partial charge in [-0.15, -0.1) is 0 Å². The van der Waals surface area contributed by atoms with Crippen molar-refractivity contribution in [2.75, 3.05) is 0 Å². The van der Waals surface area contributed by atoms with E-state index in [9.17, 15) is 14.3 Å². The Bertz CT molecular complexity index is 595. The minimum absolute atomic E-state index is 0.331. The lowest BCUT2D eigenvalue weighted by Gasteiger charge is -2.12. The molecule has 0 fully saturated rings. The van der Waals surface area contributed by atoms with Crippen molar-refractivity contribution in [3.63, 3.8) is 0 Å². The van der Waals surface area contributed by atoms with E-state index in [1.165, 1.54) is 12.1 Å². The van der Waals surface area contributed by atoms with E-state index in [4.69, 9.17) is 0 Å². The number of carbonyl (C=O) groups is 1. The highest BCUT2D eigenvalue weighted by Gasteiger charge is 2.19. The van der Waals surface area contributed by atoms with Crippen LogP contribution in [-0.4, -0.2) is 20.6 Å². The molecule has 1 aromatic carbocycles. The molecule has 0 aliphatic heterocycles. The SMILES string of the molecule is Cn1ccnc1CCC(Cc1cccc(F)c1)C(=O)O. The Balaban J connectivity index is 2.01. The van der Waals surface area contributed by atoms with Crippen LogP contribution in [0, 0.1) is 11.7 Å².